The van der Waals surface area contributed by atoms with Gasteiger partial charge in [-0.3, -0.25) is 4.90 Å². The molecule has 1 aromatic rings. The van der Waals surface area contributed by atoms with Gasteiger partial charge in [-0.25, -0.2) is 0 Å². The van der Waals surface area contributed by atoms with Gasteiger partial charge in [0.2, 0.25) is 0 Å². The minimum atomic E-state index is 0.506. The van der Waals surface area contributed by atoms with Gasteiger partial charge >= 0.3 is 0 Å². The van der Waals surface area contributed by atoms with Crippen LogP contribution in [0.1, 0.15) is 11.6 Å². The molecule has 1 N–H and O–H groups in total. The normalized spacial score (nSPS) is 20.5. The summed E-state index contributed by atoms with van der Waals surface area (Å²) in [6, 6.07) is 11.3. The van der Waals surface area contributed by atoms with Gasteiger partial charge in [0.25, 0.3) is 0 Å². The predicted octanol–water partition coefficient (Wildman–Crippen LogP) is 2.00. The average molecular weight is 260 g/mol. The lowest BCUT2D eigenvalue weighted by Gasteiger charge is -2.36. The van der Waals surface area contributed by atoms with Crippen molar-refractivity contribution in [3.63, 3.8) is 0 Å². The summed E-state index contributed by atoms with van der Waals surface area (Å²) in [5, 5.41) is 3.48. The van der Waals surface area contributed by atoms with Crippen molar-refractivity contribution < 1.29 is 0 Å². The van der Waals surface area contributed by atoms with Crippen molar-refractivity contribution in [3.8, 4) is 12.3 Å². The number of benzene rings is 1. The van der Waals surface area contributed by atoms with E-state index in [9.17, 15) is 0 Å². The maximum absolute atomic E-state index is 5.27. The smallest absolute Gasteiger partial charge is 0.0545 e. The van der Waals surface area contributed by atoms with Gasteiger partial charge in [0.1, 0.15) is 0 Å². The summed E-state index contributed by atoms with van der Waals surface area (Å²) in [5.74, 6) is 4.62. The second-order valence-electron chi connectivity index (χ2n) is 4.42. The number of nitrogens with one attached hydrogen (secondary N) is 1. The fourth-order valence-electron chi connectivity index (χ4n) is 2.33. The summed E-state index contributed by atoms with van der Waals surface area (Å²) in [4.78, 5) is 2.56. The lowest BCUT2D eigenvalue weighted by molar-refractivity contribution is 0.172. The van der Waals surface area contributed by atoms with Crippen molar-refractivity contribution in [3.05, 3.63) is 35.9 Å². The van der Waals surface area contributed by atoms with Crippen LogP contribution in [0.25, 0.3) is 0 Å². The van der Waals surface area contributed by atoms with E-state index in [1.807, 2.05) is 11.8 Å². The minimum absolute atomic E-state index is 0.506. The average Bonchev–Trinajstić information content (AvgIpc) is 2.45. The third-order valence-electron chi connectivity index (χ3n) is 3.25. The highest BCUT2D eigenvalue weighted by atomic mass is 32.2. The lowest BCUT2D eigenvalue weighted by atomic mass is 10.0. The van der Waals surface area contributed by atoms with Gasteiger partial charge in [-0.15, -0.1) is 18.2 Å². The summed E-state index contributed by atoms with van der Waals surface area (Å²) in [6.07, 6.45) is 5.27. The number of hydrogen-bond acceptors (Lipinski definition) is 3. The highest BCUT2D eigenvalue weighted by Gasteiger charge is 2.22. The molecule has 96 valence electrons. The molecule has 0 bridgehead atoms. The number of nitrogens with zero attached hydrogens (tertiary/aromatic N) is 1. The molecule has 1 aromatic carbocycles. The Balaban J connectivity index is 1.92. The molecule has 1 fully saturated rings. The SMILES string of the molecule is C#CCSCCN1CCNCC1c1ccccc1. The van der Waals surface area contributed by atoms with Crippen LogP contribution in [0, 0.1) is 12.3 Å². The van der Waals surface area contributed by atoms with E-state index in [1.54, 1.807) is 0 Å². The van der Waals surface area contributed by atoms with E-state index in [0.29, 0.717) is 6.04 Å². The van der Waals surface area contributed by atoms with Gasteiger partial charge in [0.05, 0.1) is 5.75 Å². The molecule has 0 saturated carbocycles. The maximum atomic E-state index is 5.27. The molecule has 0 spiro atoms. The number of hydrogen-bond donors (Lipinski definition) is 1. The van der Waals surface area contributed by atoms with Crippen LogP contribution in [0.4, 0.5) is 0 Å². The van der Waals surface area contributed by atoms with Gasteiger partial charge in [-0.2, -0.15) is 0 Å². The molecule has 0 aromatic heterocycles. The quantitative estimate of drug-likeness (QED) is 0.644. The fourth-order valence-corrected chi connectivity index (χ4v) is 2.96. The van der Waals surface area contributed by atoms with Crippen molar-refractivity contribution in [2.24, 2.45) is 0 Å². The van der Waals surface area contributed by atoms with Crippen LogP contribution < -0.4 is 5.32 Å². The first-order valence-electron chi connectivity index (χ1n) is 6.42. The monoisotopic (exact) mass is 260 g/mol. The van der Waals surface area contributed by atoms with Gasteiger partial charge in [-0.1, -0.05) is 36.3 Å². The maximum Gasteiger partial charge on any atom is 0.0545 e. The van der Waals surface area contributed by atoms with Gasteiger partial charge in [0.15, 0.2) is 0 Å². The first-order valence-corrected chi connectivity index (χ1v) is 7.58. The van der Waals surface area contributed by atoms with Gasteiger partial charge in [0, 0.05) is 38.0 Å². The Hall–Kier alpha value is -0.950. The molecule has 1 aliphatic heterocycles. The van der Waals surface area contributed by atoms with Crippen LogP contribution in [0.15, 0.2) is 30.3 Å². The third-order valence-corrected chi connectivity index (χ3v) is 4.09. The molecule has 1 atom stereocenters. The van der Waals surface area contributed by atoms with Crippen molar-refractivity contribution in [2.45, 2.75) is 6.04 Å². The van der Waals surface area contributed by atoms with Crippen LogP contribution in [0.3, 0.4) is 0 Å². The second-order valence-corrected chi connectivity index (χ2v) is 5.53. The van der Waals surface area contributed by atoms with Crippen molar-refractivity contribution in [1.82, 2.24) is 10.2 Å². The van der Waals surface area contributed by atoms with Crippen molar-refractivity contribution in [1.29, 1.82) is 0 Å². The zero-order valence-electron chi connectivity index (χ0n) is 10.6. The molecule has 2 rings (SSSR count). The fraction of sp³-hybridized carbons (Fsp3) is 0.467. The van der Waals surface area contributed by atoms with E-state index in [1.165, 1.54) is 5.56 Å². The summed E-state index contributed by atoms with van der Waals surface area (Å²) in [5.41, 5.74) is 1.41. The molecule has 18 heavy (non-hydrogen) atoms. The van der Waals surface area contributed by atoms with Crippen LogP contribution in [0.2, 0.25) is 0 Å². The topological polar surface area (TPSA) is 15.3 Å². The predicted molar refractivity (Wildman–Crippen MR) is 79.8 cm³/mol. The Morgan fingerprint density at radius 1 is 1.39 bits per heavy atom. The molecule has 3 heteroatoms. The Kier molecular flexibility index (Phi) is 5.60. The highest BCUT2D eigenvalue weighted by Crippen LogP contribution is 2.22. The van der Waals surface area contributed by atoms with Crippen LogP contribution in [-0.4, -0.2) is 42.6 Å². The molecule has 0 amide bonds. The standard InChI is InChI=1S/C15H20N2S/c1-2-11-18-12-10-17-9-8-16-13-15(17)14-6-4-3-5-7-14/h1,3-7,15-16H,8-13H2. The third kappa shape index (κ3) is 3.78. The molecule has 1 aliphatic rings. The Bertz CT molecular complexity index is 385. The molecular weight excluding hydrogens is 240 g/mol. The Morgan fingerprint density at radius 2 is 2.22 bits per heavy atom. The van der Waals surface area contributed by atoms with Gasteiger partial charge in [-0.05, 0) is 5.56 Å². The van der Waals surface area contributed by atoms with E-state index in [2.05, 4.69) is 46.5 Å². The highest BCUT2D eigenvalue weighted by molar-refractivity contribution is 7.99. The molecule has 0 radical (unpaired) electrons. The van der Waals surface area contributed by atoms with Gasteiger partial charge < -0.3 is 5.32 Å². The number of rotatable bonds is 5. The molecular formula is C15H20N2S. The number of piperazine rings is 1. The zero-order valence-corrected chi connectivity index (χ0v) is 11.5. The summed E-state index contributed by atoms with van der Waals surface area (Å²) >= 11 is 1.85. The largest absolute Gasteiger partial charge is 0.314 e. The molecule has 1 saturated heterocycles. The number of thioether (sulfide) groups is 1. The zero-order chi connectivity index (χ0) is 12.6. The van der Waals surface area contributed by atoms with E-state index < -0.39 is 0 Å². The number of terminal acetylenes is 1. The molecule has 1 unspecified atom stereocenters. The van der Waals surface area contributed by atoms with E-state index in [-0.39, 0.29) is 0 Å². The first-order chi connectivity index (χ1) is 8.92. The summed E-state index contributed by atoms with van der Waals surface area (Å²) in [7, 11) is 0. The summed E-state index contributed by atoms with van der Waals surface area (Å²) in [6.45, 7) is 4.37. The van der Waals surface area contributed by atoms with Crippen molar-refractivity contribution >= 4 is 11.8 Å². The van der Waals surface area contributed by atoms with Crippen molar-refractivity contribution in [2.75, 3.05) is 37.7 Å². The Morgan fingerprint density at radius 3 is 3.00 bits per heavy atom. The lowest BCUT2D eigenvalue weighted by Crippen LogP contribution is -2.46. The molecule has 2 nitrogen and oxygen atoms in total. The second kappa shape index (κ2) is 7.48. The summed E-state index contributed by atoms with van der Waals surface area (Å²) < 4.78 is 0. The van der Waals surface area contributed by atoms with Crippen LogP contribution in [-0.2, 0) is 0 Å². The minimum Gasteiger partial charge on any atom is -0.314 e. The van der Waals surface area contributed by atoms with Crippen LogP contribution in [0.5, 0.6) is 0 Å². The van der Waals surface area contributed by atoms with Crippen LogP contribution >= 0.6 is 11.8 Å². The Labute approximate surface area is 114 Å². The van der Waals surface area contributed by atoms with E-state index in [4.69, 9.17) is 6.42 Å². The molecule has 0 aliphatic carbocycles. The molecule has 1 heterocycles. The first kappa shape index (κ1) is 13.5. The van der Waals surface area contributed by atoms with E-state index in [0.717, 1.165) is 37.7 Å². The van der Waals surface area contributed by atoms with E-state index >= 15 is 0 Å².